The fourth-order valence-electron chi connectivity index (χ4n) is 8.81. The first-order chi connectivity index (χ1) is 13.8. The average molecular weight is 401 g/mol. The molecule has 2 heterocycles. The number of aliphatic hydroxyl groups excluding tert-OH is 2. The van der Waals surface area contributed by atoms with Crippen molar-refractivity contribution in [1.29, 1.82) is 0 Å². The normalized spacial score (nSPS) is 55.4. The van der Waals surface area contributed by atoms with E-state index in [4.69, 9.17) is 9.15 Å². The SMILES string of the molecule is C[C@]12CC[C@@H](O)C[C@H]1CC[C@@H]1[C@@H]2CC[C@]2(C)[C@@H](c3ccc(=O)oc3)[C@@H](O)[C@H]3O[C@]132. The number of hydrogen-bond acceptors (Lipinski definition) is 5. The van der Waals surface area contributed by atoms with Gasteiger partial charge in [-0.15, -0.1) is 0 Å². The van der Waals surface area contributed by atoms with Crippen LogP contribution in [0.15, 0.2) is 27.6 Å². The summed E-state index contributed by atoms with van der Waals surface area (Å²) in [5.74, 6) is 1.63. The van der Waals surface area contributed by atoms with Crippen LogP contribution in [0.25, 0.3) is 0 Å². The second-order valence-corrected chi connectivity index (χ2v) is 11.1. The molecule has 1 aromatic heterocycles. The van der Waals surface area contributed by atoms with Crippen molar-refractivity contribution < 1.29 is 19.4 Å². The zero-order valence-electron chi connectivity index (χ0n) is 17.3. The van der Waals surface area contributed by atoms with Crippen LogP contribution in [0.4, 0.5) is 0 Å². The Morgan fingerprint density at radius 2 is 1.86 bits per heavy atom. The van der Waals surface area contributed by atoms with Crippen molar-refractivity contribution in [2.24, 2.45) is 28.6 Å². The van der Waals surface area contributed by atoms with Gasteiger partial charge in [0.15, 0.2) is 0 Å². The van der Waals surface area contributed by atoms with Crippen LogP contribution in [0, 0.1) is 28.6 Å². The minimum absolute atomic E-state index is 0.0507. The third kappa shape index (κ3) is 2.14. The summed E-state index contributed by atoms with van der Waals surface area (Å²) in [6, 6.07) is 3.30. The molecule has 10 atom stereocenters. The summed E-state index contributed by atoms with van der Waals surface area (Å²) < 4.78 is 11.6. The lowest BCUT2D eigenvalue weighted by Crippen LogP contribution is -2.58. The molecule has 0 aromatic carbocycles. The van der Waals surface area contributed by atoms with E-state index in [0.717, 1.165) is 50.5 Å². The Bertz CT molecular complexity index is 875. The van der Waals surface area contributed by atoms with Crippen LogP contribution in [-0.2, 0) is 4.74 Å². The molecule has 1 spiro atoms. The van der Waals surface area contributed by atoms with Gasteiger partial charge < -0.3 is 19.4 Å². The Balaban J connectivity index is 1.38. The van der Waals surface area contributed by atoms with Gasteiger partial charge in [-0.05, 0) is 79.7 Å². The molecule has 1 saturated heterocycles. The standard InChI is InChI=1S/C24H32O5/c1-22-9-7-15(25)11-14(22)4-5-17-16(22)8-10-23(2)19(13-3-6-18(26)28-12-13)20(27)21-24(17,23)29-21/h3,6,12,14-17,19-21,25,27H,4-5,7-11H2,1-2H3/t14-,15-,16+,17-,19+,20-,21-,22+,23-,24-/m1/s1. The van der Waals surface area contributed by atoms with Gasteiger partial charge in [-0.2, -0.15) is 0 Å². The lowest BCUT2D eigenvalue weighted by atomic mass is 9.44. The highest BCUT2D eigenvalue weighted by molar-refractivity contribution is 5.38. The molecule has 5 nitrogen and oxygen atoms in total. The molecular weight excluding hydrogens is 368 g/mol. The van der Waals surface area contributed by atoms with E-state index >= 15 is 0 Å². The molecule has 4 aliphatic carbocycles. The second-order valence-electron chi connectivity index (χ2n) is 11.1. The lowest BCUT2D eigenvalue weighted by molar-refractivity contribution is -0.143. The minimum atomic E-state index is -0.551. The lowest BCUT2D eigenvalue weighted by Gasteiger charge is -2.61. The molecule has 0 amide bonds. The molecule has 5 fully saturated rings. The zero-order valence-corrected chi connectivity index (χ0v) is 17.3. The van der Waals surface area contributed by atoms with Crippen LogP contribution < -0.4 is 5.63 Å². The van der Waals surface area contributed by atoms with E-state index in [0.29, 0.717) is 17.8 Å². The van der Waals surface area contributed by atoms with E-state index < -0.39 is 6.10 Å². The Morgan fingerprint density at radius 3 is 2.62 bits per heavy atom. The van der Waals surface area contributed by atoms with Gasteiger partial charge in [-0.1, -0.05) is 13.8 Å². The van der Waals surface area contributed by atoms with Gasteiger partial charge in [-0.3, -0.25) is 0 Å². The molecule has 6 rings (SSSR count). The predicted octanol–water partition coefficient (Wildman–Crippen LogP) is 3.23. The number of aliphatic hydroxyl groups is 2. The van der Waals surface area contributed by atoms with Gasteiger partial charge in [0.25, 0.3) is 0 Å². The maximum atomic E-state index is 11.5. The Kier molecular flexibility index (Phi) is 3.68. The van der Waals surface area contributed by atoms with Crippen LogP contribution in [-0.4, -0.2) is 34.1 Å². The summed E-state index contributed by atoms with van der Waals surface area (Å²) in [7, 11) is 0. The van der Waals surface area contributed by atoms with Gasteiger partial charge in [0.1, 0.15) is 11.7 Å². The Hall–Kier alpha value is -1.17. The molecule has 29 heavy (non-hydrogen) atoms. The van der Waals surface area contributed by atoms with Gasteiger partial charge in [-0.25, -0.2) is 4.79 Å². The number of rotatable bonds is 1. The van der Waals surface area contributed by atoms with Gasteiger partial charge in [0, 0.05) is 17.4 Å². The van der Waals surface area contributed by atoms with Gasteiger partial charge in [0.2, 0.25) is 0 Å². The molecular formula is C24H32O5. The highest BCUT2D eigenvalue weighted by Crippen LogP contribution is 2.77. The molecule has 0 radical (unpaired) electrons. The number of fused-ring (bicyclic) bond motifs is 3. The molecule has 0 bridgehead atoms. The third-order valence-corrected chi connectivity index (χ3v) is 10.2. The molecule has 2 N–H and O–H groups in total. The molecule has 158 valence electrons. The summed E-state index contributed by atoms with van der Waals surface area (Å²) in [5.41, 5.74) is 0.457. The minimum Gasteiger partial charge on any atom is -0.431 e. The first-order valence-corrected chi connectivity index (χ1v) is 11.4. The van der Waals surface area contributed by atoms with E-state index in [2.05, 4.69) is 13.8 Å². The fourth-order valence-corrected chi connectivity index (χ4v) is 8.81. The quantitative estimate of drug-likeness (QED) is 0.707. The summed E-state index contributed by atoms with van der Waals surface area (Å²) in [6.07, 6.45) is 8.19. The van der Waals surface area contributed by atoms with Crippen molar-refractivity contribution in [2.45, 2.75) is 88.6 Å². The summed E-state index contributed by atoms with van der Waals surface area (Å²) in [5, 5.41) is 21.5. The molecule has 1 aliphatic heterocycles. The summed E-state index contributed by atoms with van der Waals surface area (Å²) in [4.78, 5) is 11.5. The topological polar surface area (TPSA) is 83.2 Å². The van der Waals surface area contributed by atoms with E-state index in [1.165, 1.54) is 6.07 Å². The van der Waals surface area contributed by atoms with Crippen LogP contribution in [0.1, 0.15) is 70.3 Å². The van der Waals surface area contributed by atoms with Crippen molar-refractivity contribution in [3.05, 3.63) is 34.4 Å². The second kappa shape index (κ2) is 5.74. The van der Waals surface area contributed by atoms with Crippen molar-refractivity contribution >= 4 is 0 Å². The van der Waals surface area contributed by atoms with Crippen LogP contribution in [0.5, 0.6) is 0 Å². The average Bonchev–Trinajstić information content (AvgIpc) is 3.40. The maximum Gasteiger partial charge on any atom is 0.335 e. The van der Waals surface area contributed by atoms with E-state index in [1.54, 1.807) is 6.26 Å². The van der Waals surface area contributed by atoms with Crippen LogP contribution in [0.2, 0.25) is 0 Å². The molecule has 5 heteroatoms. The first-order valence-electron chi connectivity index (χ1n) is 11.4. The van der Waals surface area contributed by atoms with Crippen LogP contribution in [0.3, 0.4) is 0 Å². The number of epoxide rings is 1. The Morgan fingerprint density at radius 1 is 1.03 bits per heavy atom. The van der Waals surface area contributed by atoms with E-state index in [-0.39, 0.29) is 40.2 Å². The molecule has 1 aromatic rings. The monoisotopic (exact) mass is 400 g/mol. The molecule has 4 saturated carbocycles. The fraction of sp³-hybridized carbons (Fsp3) is 0.792. The number of ether oxygens (including phenoxy) is 1. The van der Waals surface area contributed by atoms with Crippen LogP contribution >= 0.6 is 0 Å². The van der Waals surface area contributed by atoms with Gasteiger partial charge >= 0.3 is 5.63 Å². The zero-order chi connectivity index (χ0) is 20.2. The van der Waals surface area contributed by atoms with Gasteiger partial charge in [0.05, 0.1) is 18.5 Å². The van der Waals surface area contributed by atoms with E-state index in [1.807, 2.05) is 6.07 Å². The van der Waals surface area contributed by atoms with Crippen molar-refractivity contribution in [3.8, 4) is 0 Å². The first kappa shape index (κ1) is 18.6. The largest absolute Gasteiger partial charge is 0.431 e. The molecule has 5 aliphatic rings. The Labute approximate surface area is 171 Å². The molecule has 0 unspecified atom stereocenters. The highest BCUT2D eigenvalue weighted by Gasteiger charge is 2.83. The number of hydrogen-bond donors (Lipinski definition) is 2. The summed E-state index contributed by atoms with van der Waals surface area (Å²) >= 11 is 0. The van der Waals surface area contributed by atoms with E-state index in [9.17, 15) is 15.0 Å². The predicted molar refractivity (Wildman–Crippen MR) is 106 cm³/mol. The van der Waals surface area contributed by atoms with Crippen molar-refractivity contribution in [2.75, 3.05) is 0 Å². The summed E-state index contributed by atoms with van der Waals surface area (Å²) in [6.45, 7) is 4.76. The van der Waals surface area contributed by atoms with Crippen molar-refractivity contribution in [1.82, 2.24) is 0 Å². The highest BCUT2D eigenvalue weighted by atomic mass is 16.6. The third-order valence-electron chi connectivity index (χ3n) is 10.2. The smallest absolute Gasteiger partial charge is 0.335 e. The van der Waals surface area contributed by atoms with Crippen molar-refractivity contribution in [3.63, 3.8) is 0 Å². The maximum absolute atomic E-state index is 11.5.